The van der Waals surface area contributed by atoms with Gasteiger partial charge < -0.3 is 5.11 Å². The van der Waals surface area contributed by atoms with Crippen LogP contribution in [0.25, 0.3) is 0 Å². The maximum absolute atomic E-state index is 11.8. The molecule has 1 unspecified atom stereocenters. The van der Waals surface area contributed by atoms with Gasteiger partial charge >= 0.3 is 0 Å². The van der Waals surface area contributed by atoms with Crippen molar-refractivity contribution in [3.05, 3.63) is 34.3 Å². The van der Waals surface area contributed by atoms with E-state index in [-0.39, 0.29) is 5.78 Å². The highest BCUT2D eigenvalue weighted by molar-refractivity contribution is 9.10. The lowest BCUT2D eigenvalue weighted by Gasteiger charge is -2.17. The van der Waals surface area contributed by atoms with Crippen molar-refractivity contribution in [2.45, 2.75) is 13.0 Å². The largest absolute Gasteiger partial charge is 0.392 e. The molecule has 1 aromatic rings. The summed E-state index contributed by atoms with van der Waals surface area (Å²) in [5, 5.41) is 9.19. The summed E-state index contributed by atoms with van der Waals surface area (Å²) < 4.78 is 0.900. The topological polar surface area (TPSA) is 40.5 Å². The lowest BCUT2D eigenvalue weighted by Crippen LogP contribution is -2.32. The molecule has 0 radical (unpaired) electrons. The lowest BCUT2D eigenvalue weighted by atomic mass is 10.1. The third-order valence-corrected chi connectivity index (χ3v) is 2.63. The smallest absolute Gasteiger partial charge is 0.176 e. The van der Waals surface area contributed by atoms with Crippen LogP contribution in [0.4, 0.5) is 0 Å². The van der Waals surface area contributed by atoms with Gasteiger partial charge in [-0.2, -0.15) is 0 Å². The molecular formula is C12H16BrNO2. The second-order valence-corrected chi connectivity index (χ2v) is 4.89. The van der Waals surface area contributed by atoms with Crippen LogP contribution in [0.3, 0.4) is 0 Å². The van der Waals surface area contributed by atoms with E-state index < -0.39 is 6.10 Å². The molecule has 88 valence electrons. The maximum Gasteiger partial charge on any atom is 0.176 e. The minimum Gasteiger partial charge on any atom is -0.392 e. The van der Waals surface area contributed by atoms with Gasteiger partial charge in [0.15, 0.2) is 5.78 Å². The Balaban J connectivity index is 2.59. The Labute approximate surface area is 104 Å². The van der Waals surface area contributed by atoms with Crippen LogP contribution >= 0.6 is 15.9 Å². The Bertz CT molecular complexity index is 366. The summed E-state index contributed by atoms with van der Waals surface area (Å²) in [6.07, 6.45) is -0.416. The Hall–Kier alpha value is -0.710. The summed E-state index contributed by atoms with van der Waals surface area (Å²) >= 11 is 3.33. The fraction of sp³-hybridized carbons (Fsp3) is 0.417. The van der Waals surface area contributed by atoms with Crippen molar-refractivity contribution < 1.29 is 9.90 Å². The predicted octanol–water partition coefficient (Wildman–Crippen LogP) is 1.94. The van der Waals surface area contributed by atoms with Crippen molar-refractivity contribution in [3.8, 4) is 0 Å². The molecule has 0 spiro atoms. The van der Waals surface area contributed by atoms with Gasteiger partial charge in [0.1, 0.15) is 0 Å². The Morgan fingerprint density at radius 2 is 2.25 bits per heavy atom. The zero-order chi connectivity index (χ0) is 12.1. The molecule has 0 bridgehead atoms. The van der Waals surface area contributed by atoms with Gasteiger partial charge in [-0.05, 0) is 26.1 Å². The number of Topliss-reactive ketones (excluding diaryl/α,β-unsaturated/α-hetero) is 1. The van der Waals surface area contributed by atoms with Crippen LogP contribution in [0.2, 0.25) is 0 Å². The number of carbonyl (C=O) groups is 1. The quantitative estimate of drug-likeness (QED) is 0.841. The first kappa shape index (κ1) is 13.4. The maximum atomic E-state index is 11.8. The number of aliphatic hydroxyl groups is 1. The van der Waals surface area contributed by atoms with Crippen LogP contribution in [-0.4, -0.2) is 42.0 Å². The van der Waals surface area contributed by atoms with Crippen molar-refractivity contribution in [1.82, 2.24) is 4.90 Å². The highest BCUT2D eigenvalue weighted by Crippen LogP contribution is 2.12. The molecule has 0 aliphatic carbocycles. The Morgan fingerprint density at radius 1 is 1.56 bits per heavy atom. The number of halogens is 1. The number of likely N-dealkylation sites (N-methyl/N-ethyl adjacent to an activating group) is 1. The molecule has 1 atom stereocenters. The van der Waals surface area contributed by atoms with E-state index in [0.29, 0.717) is 18.7 Å². The molecule has 3 nitrogen and oxygen atoms in total. The number of hydrogen-bond acceptors (Lipinski definition) is 3. The van der Waals surface area contributed by atoms with Gasteiger partial charge in [-0.15, -0.1) is 0 Å². The molecule has 1 N–H and O–H groups in total. The summed E-state index contributed by atoms with van der Waals surface area (Å²) in [5.41, 5.74) is 0.687. The molecule has 0 saturated heterocycles. The van der Waals surface area contributed by atoms with E-state index in [4.69, 9.17) is 0 Å². The first-order chi connectivity index (χ1) is 7.49. The molecule has 0 aromatic heterocycles. The molecular weight excluding hydrogens is 270 g/mol. The third-order valence-electron chi connectivity index (χ3n) is 2.14. The minimum absolute atomic E-state index is 0.0597. The van der Waals surface area contributed by atoms with E-state index in [1.165, 1.54) is 0 Å². The van der Waals surface area contributed by atoms with Crippen molar-refractivity contribution in [1.29, 1.82) is 0 Å². The van der Waals surface area contributed by atoms with Crippen molar-refractivity contribution in [3.63, 3.8) is 0 Å². The molecule has 16 heavy (non-hydrogen) atoms. The molecule has 1 aromatic carbocycles. The van der Waals surface area contributed by atoms with Gasteiger partial charge in [0.05, 0.1) is 12.6 Å². The number of aliphatic hydroxyl groups excluding tert-OH is 1. The van der Waals surface area contributed by atoms with E-state index in [2.05, 4.69) is 15.9 Å². The monoisotopic (exact) mass is 285 g/mol. The molecule has 0 amide bonds. The van der Waals surface area contributed by atoms with Gasteiger partial charge in [-0.25, -0.2) is 0 Å². The van der Waals surface area contributed by atoms with Gasteiger partial charge in [0, 0.05) is 16.6 Å². The van der Waals surface area contributed by atoms with Gasteiger partial charge in [0.2, 0.25) is 0 Å². The van der Waals surface area contributed by atoms with E-state index in [1.807, 2.05) is 24.1 Å². The number of hydrogen-bond donors (Lipinski definition) is 1. The van der Waals surface area contributed by atoms with E-state index in [9.17, 15) is 9.90 Å². The summed E-state index contributed by atoms with van der Waals surface area (Å²) in [5.74, 6) is 0.0597. The third kappa shape index (κ3) is 4.43. The van der Waals surface area contributed by atoms with Crippen LogP contribution in [0.5, 0.6) is 0 Å². The van der Waals surface area contributed by atoms with Crippen molar-refractivity contribution in [2.75, 3.05) is 20.1 Å². The highest BCUT2D eigenvalue weighted by atomic mass is 79.9. The summed E-state index contributed by atoms with van der Waals surface area (Å²) in [7, 11) is 1.82. The van der Waals surface area contributed by atoms with Gasteiger partial charge in [-0.3, -0.25) is 9.69 Å². The molecule has 0 saturated carbocycles. The normalized spacial score (nSPS) is 12.8. The Morgan fingerprint density at radius 3 is 2.81 bits per heavy atom. The fourth-order valence-electron chi connectivity index (χ4n) is 1.51. The van der Waals surface area contributed by atoms with Crippen LogP contribution in [0, 0.1) is 0 Å². The number of ketones is 1. The SMILES string of the molecule is CC(O)CN(C)CC(=O)c1cccc(Br)c1. The number of nitrogens with zero attached hydrogens (tertiary/aromatic N) is 1. The second-order valence-electron chi connectivity index (χ2n) is 3.98. The number of rotatable bonds is 5. The molecule has 0 fully saturated rings. The molecule has 0 aliphatic rings. The van der Waals surface area contributed by atoms with Crippen LogP contribution in [0.1, 0.15) is 17.3 Å². The minimum atomic E-state index is -0.416. The zero-order valence-corrected chi connectivity index (χ0v) is 11.1. The molecule has 4 heteroatoms. The molecule has 1 rings (SSSR count). The van der Waals surface area contributed by atoms with Crippen molar-refractivity contribution >= 4 is 21.7 Å². The number of carbonyl (C=O) groups excluding carboxylic acids is 1. The first-order valence-electron chi connectivity index (χ1n) is 5.14. The average Bonchev–Trinajstić information content (AvgIpc) is 2.16. The lowest BCUT2D eigenvalue weighted by molar-refractivity contribution is 0.0901. The van der Waals surface area contributed by atoms with Crippen LogP contribution < -0.4 is 0 Å². The van der Waals surface area contributed by atoms with Crippen LogP contribution in [0.15, 0.2) is 28.7 Å². The number of benzene rings is 1. The van der Waals surface area contributed by atoms with E-state index in [0.717, 1.165) is 4.47 Å². The summed E-state index contributed by atoms with van der Waals surface area (Å²) in [6, 6.07) is 7.32. The van der Waals surface area contributed by atoms with Gasteiger partial charge in [-0.1, -0.05) is 28.1 Å². The second kappa shape index (κ2) is 6.13. The highest BCUT2D eigenvalue weighted by Gasteiger charge is 2.10. The average molecular weight is 286 g/mol. The first-order valence-corrected chi connectivity index (χ1v) is 5.93. The fourth-order valence-corrected chi connectivity index (χ4v) is 1.91. The van der Waals surface area contributed by atoms with Gasteiger partial charge in [0.25, 0.3) is 0 Å². The summed E-state index contributed by atoms with van der Waals surface area (Å²) in [4.78, 5) is 13.7. The zero-order valence-electron chi connectivity index (χ0n) is 9.48. The van der Waals surface area contributed by atoms with E-state index >= 15 is 0 Å². The predicted molar refractivity (Wildman–Crippen MR) is 67.7 cm³/mol. The van der Waals surface area contributed by atoms with E-state index in [1.54, 1.807) is 19.1 Å². The summed E-state index contributed by atoms with van der Waals surface area (Å²) in [6.45, 7) is 2.53. The Kier molecular flexibility index (Phi) is 5.12. The molecule has 0 heterocycles. The molecule has 0 aliphatic heterocycles. The van der Waals surface area contributed by atoms with Crippen molar-refractivity contribution in [2.24, 2.45) is 0 Å². The standard InChI is InChI=1S/C12H16BrNO2/c1-9(15)7-14(2)8-12(16)10-4-3-5-11(13)6-10/h3-6,9,15H,7-8H2,1-2H3. The van der Waals surface area contributed by atoms with Crippen LogP contribution in [-0.2, 0) is 0 Å².